The highest BCUT2D eigenvalue weighted by Crippen LogP contribution is 2.44. The molecule has 2 fully saturated rings. The van der Waals surface area contributed by atoms with Crippen molar-refractivity contribution in [2.75, 3.05) is 33.9 Å². The van der Waals surface area contributed by atoms with Crippen LogP contribution in [0.15, 0.2) is 0 Å². The summed E-state index contributed by atoms with van der Waals surface area (Å²) in [5, 5.41) is 0. The molecule has 0 saturated carbocycles. The molecule has 0 aromatic rings. The zero-order valence-electron chi connectivity index (χ0n) is 9.49. The summed E-state index contributed by atoms with van der Waals surface area (Å²) in [6.45, 7) is 3.49. The molecule has 0 aromatic heterocycles. The molecule has 0 spiro atoms. The van der Waals surface area contributed by atoms with Gasteiger partial charge in [0, 0.05) is 13.7 Å². The Bertz CT molecular complexity index is 246. The van der Waals surface area contributed by atoms with Crippen LogP contribution in [0.3, 0.4) is 0 Å². The van der Waals surface area contributed by atoms with Crippen molar-refractivity contribution in [3.63, 3.8) is 0 Å². The fourth-order valence-corrected chi connectivity index (χ4v) is 2.87. The molecule has 2 heterocycles. The number of hydrogen-bond donors (Lipinski definition) is 0. The fourth-order valence-electron chi connectivity index (χ4n) is 2.87. The maximum atomic E-state index is 11.4. The first kappa shape index (κ1) is 10.9. The van der Waals surface area contributed by atoms with Crippen LogP contribution in [0.2, 0.25) is 0 Å². The number of ether oxygens (including phenoxy) is 2. The molecular weight excluding hydrogens is 194 g/mol. The summed E-state index contributed by atoms with van der Waals surface area (Å²) in [6.07, 6.45) is 2.83. The van der Waals surface area contributed by atoms with Crippen LogP contribution in [0.4, 0.5) is 0 Å². The van der Waals surface area contributed by atoms with E-state index >= 15 is 0 Å². The zero-order chi connectivity index (χ0) is 10.9. The lowest BCUT2D eigenvalue weighted by molar-refractivity contribution is -0.154. The van der Waals surface area contributed by atoms with Crippen molar-refractivity contribution in [1.29, 1.82) is 0 Å². The minimum atomic E-state index is -0.381. The van der Waals surface area contributed by atoms with Gasteiger partial charge in [0.15, 0.2) is 6.10 Å². The Morgan fingerprint density at radius 3 is 2.47 bits per heavy atom. The second-order valence-electron chi connectivity index (χ2n) is 4.73. The topological polar surface area (TPSA) is 38.8 Å². The molecule has 0 radical (unpaired) electrons. The lowest BCUT2D eigenvalue weighted by atomic mass is 9.79. The lowest BCUT2D eigenvalue weighted by Crippen LogP contribution is -2.33. The van der Waals surface area contributed by atoms with Crippen molar-refractivity contribution < 1.29 is 14.3 Å². The second kappa shape index (κ2) is 4.10. The number of hydrogen-bond acceptors (Lipinski definition) is 4. The molecule has 1 unspecified atom stereocenters. The molecule has 86 valence electrons. The first-order valence-corrected chi connectivity index (χ1v) is 5.52. The molecule has 2 rings (SSSR count). The number of carbonyl (C=O) groups excluding carboxylic acids is 1. The summed E-state index contributed by atoms with van der Waals surface area (Å²) in [5.41, 5.74) is 0.314. The zero-order valence-corrected chi connectivity index (χ0v) is 9.49. The Morgan fingerprint density at radius 2 is 2.07 bits per heavy atom. The predicted molar refractivity (Wildman–Crippen MR) is 55.5 cm³/mol. The quantitative estimate of drug-likeness (QED) is 0.643. The van der Waals surface area contributed by atoms with Crippen molar-refractivity contribution in [3.05, 3.63) is 0 Å². The highest BCUT2D eigenvalue weighted by atomic mass is 16.6. The van der Waals surface area contributed by atoms with E-state index in [1.54, 1.807) is 7.11 Å². The van der Waals surface area contributed by atoms with Crippen LogP contribution in [-0.2, 0) is 14.3 Å². The van der Waals surface area contributed by atoms with Gasteiger partial charge in [-0.2, -0.15) is 0 Å². The Kier molecular flexibility index (Phi) is 2.98. The monoisotopic (exact) mass is 213 g/mol. The Balaban J connectivity index is 1.97. The van der Waals surface area contributed by atoms with Crippen LogP contribution < -0.4 is 0 Å². The van der Waals surface area contributed by atoms with Gasteiger partial charge in [0.1, 0.15) is 0 Å². The minimum absolute atomic E-state index is 0.239. The minimum Gasteiger partial charge on any atom is -0.467 e. The van der Waals surface area contributed by atoms with Crippen molar-refractivity contribution in [2.24, 2.45) is 5.41 Å². The van der Waals surface area contributed by atoms with E-state index in [1.165, 1.54) is 33.0 Å². The van der Waals surface area contributed by atoms with Crippen LogP contribution in [0.25, 0.3) is 0 Å². The van der Waals surface area contributed by atoms with Crippen molar-refractivity contribution in [2.45, 2.75) is 25.4 Å². The van der Waals surface area contributed by atoms with E-state index in [4.69, 9.17) is 9.47 Å². The molecule has 4 heteroatoms. The Morgan fingerprint density at radius 1 is 1.40 bits per heavy atom. The van der Waals surface area contributed by atoms with Gasteiger partial charge >= 0.3 is 5.97 Å². The smallest absolute Gasteiger partial charge is 0.334 e. The van der Waals surface area contributed by atoms with Gasteiger partial charge in [0.25, 0.3) is 0 Å². The van der Waals surface area contributed by atoms with Crippen molar-refractivity contribution >= 4 is 5.97 Å². The average Bonchev–Trinajstić information content (AvgIpc) is 2.85. The predicted octanol–water partition coefficient (Wildman–Crippen LogP) is 0.660. The van der Waals surface area contributed by atoms with Gasteiger partial charge in [-0.3, -0.25) is 0 Å². The standard InChI is InChI=1S/C11H19NO3/c1-14-9(10(13)15-2)7-11-3-5-12(8-11)6-4-11/h9H,3-8H2,1-2H3. The summed E-state index contributed by atoms with van der Waals surface area (Å²) in [7, 11) is 3.00. The van der Waals surface area contributed by atoms with E-state index in [2.05, 4.69) is 4.90 Å². The van der Waals surface area contributed by atoms with E-state index in [9.17, 15) is 4.79 Å². The summed E-state index contributed by atoms with van der Waals surface area (Å²) >= 11 is 0. The number of rotatable bonds is 4. The first-order chi connectivity index (χ1) is 7.19. The van der Waals surface area contributed by atoms with Crippen LogP contribution in [0, 0.1) is 5.41 Å². The van der Waals surface area contributed by atoms with Crippen molar-refractivity contribution in [1.82, 2.24) is 4.90 Å². The Labute approximate surface area is 90.5 Å². The van der Waals surface area contributed by atoms with Gasteiger partial charge < -0.3 is 14.4 Å². The molecule has 0 N–H and O–H groups in total. The average molecular weight is 213 g/mol. The normalized spacial score (nSPS) is 35.5. The van der Waals surface area contributed by atoms with E-state index in [0.29, 0.717) is 5.41 Å². The van der Waals surface area contributed by atoms with Crippen LogP contribution in [0.5, 0.6) is 0 Å². The van der Waals surface area contributed by atoms with Crippen LogP contribution in [-0.4, -0.2) is 50.8 Å². The molecule has 0 amide bonds. The number of carbonyl (C=O) groups is 1. The highest BCUT2D eigenvalue weighted by Gasteiger charge is 2.45. The number of fused-ring (bicyclic) bond motifs is 2. The van der Waals surface area contributed by atoms with Gasteiger partial charge in [0.05, 0.1) is 7.11 Å². The largest absolute Gasteiger partial charge is 0.467 e. The van der Waals surface area contributed by atoms with Gasteiger partial charge in [0.2, 0.25) is 0 Å². The molecule has 0 aromatic carbocycles. The van der Waals surface area contributed by atoms with E-state index < -0.39 is 0 Å². The van der Waals surface area contributed by atoms with Crippen LogP contribution >= 0.6 is 0 Å². The number of methoxy groups -OCH3 is 2. The summed E-state index contributed by atoms with van der Waals surface area (Å²) in [4.78, 5) is 13.9. The maximum absolute atomic E-state index is 11.4. The molecule has 15 heavy (non-hydrogen) atoms. The third kappa shape index (κ3) is 2.01. The summed E-state index contributed by atoms with van der Waals surface area (Å²) in [6, 6.07) is 0. The molecule has 2 aliphatic rings. The fraction of sp³-hybridized carbons (Fsp3) is 0.909. The number of esters is 1. The van der Waals surface area contributed by atoms with Gasteiger partial charge in [-0.05, 0) is 37.8 Å². The summed E-state index contributed by atoms with van der Waals surface area (Å²) < 4.78 is 9.96. The third-order valence-corrected chi connectivity index (χ3v) is 3.84. The van der Waals surface area contributed by atoms with E-state index in [-0.39, 0.29) is 12.1 Å². The molecule has 4 nitrogen and oxygen atoms in total. The SMILES string of the molecule is COC(=O)C(CC12CCN(CC1)C2)OC. The van der Waals surface area contributed by atoms with Gasteiger partial charge in [-0.15, -0.1) is 0 Å². The molecule has 2 saturated heterocycles. The first-order valence-electron chi connectivity index (χ1n) is 5.52. The Hall–Kier alpha value is -0.610. The lowest BCUT2D eigenvalue weighted by Gasteiger charge is -2.28. The van der Waals surface area contributed by atoms with Crippen LogP contribution in [0.1, 0.15) is 19.3 Å². The molecule has 0 aliphatic carbocycles. The molecule has 1 atom stereocenters. The van der Waals surface area contributed by atoms with E-state index in [0.717, 1.165) is 13.0 Å². The summed E-state index contributed by atoms with van der Waals surface area (Å²) in [5.74, 6) is -0.239. The second-order valence-corrected chi connectivity index (χ2v) is 4.73. The third-order valence-electron chi connectivity index (χ3n) is 3.84. The molecular formula is C11H19NO3. The maximum Gasteiger partial charge on any atom is 0.334 e. The van der Waals surface area contributed by atoms with Crippen molar-refractivity contribution in [3.8, 4) is 0 Å². The number of piperidine rings is 1. The number of nitrogens with zero attached hydrogens (tertiary/aromatic N) is 1. The van der Waals surface area contributed by atoms with E-state index in [1.807, 2.05) is 0 Å². The van der Waals surface area contributed by atoms with Gasteiger partial charge in [-0.25, -0.2) is 4.79 Å². The molecule has 2 aliphatic heterocycles. The highest BCUT2D eigenvalue weighted by molar-refractivity contribution is 5.74. The van der Waals surface area contributed by atoms with Gasteiger partial charge in [-0.1, -0.05) is 0 Å². The molecule has 2 bridgehead atoms.